The van der Waals surface area contributed by atoms with E-state index in [4.69, 9.17) is 0 Å². The fourth-order valence-corrected chi connectivity index (χ4v) is 2.90. The summed E-state index contributed by atoms with van der Waals surface area (Å²) in [7, 11) is 0. The van der Waals surface area contributed by atoms with Crippen LogP contribution in [0.25, 0.3) is 11.3 Å². The van der Waals surface area contributed by atoms with Crippen molar-refractivity contribution in [3.05, 3.63) is 82.2 Å². The molecular formula is C20H18BrN2O+. The maximum atomic E-state index is 12.3. The Hall–Kier alpha value is -2.33. The molecule has 0 amide bonds. The number of aryl methyl sites for hydroxylation is 2. The topological polar surface area (TPSA) is 33.8 Å². The molecule has 1 aromatic heterocycles. The van der Waals surface area contributed by atoms with E-state index in [1.54, 1.807) is 10.9 Å². The van der Waals surface area contributed by atoms with Gasteiger partial charge in [-0.2, -0.15) is 0 Å². The highest BCUT2D eigenvalue weighted by Crippen LogP contribution is 2.21. The first-order valence-corrected chi connectivity index (χ1v) is 8.54. The van der Waals surface area contributed by atoms with Crippen molar-refractivity contribution in [2.75, 3.05) is 0 Å². The molecule has 0 unspecified atom stereocenters. The average Bonchev–Trinajstić information content (AvgIpc) is 2.56. The molecule has 0 saturated heterocycles. The van der Waals surface area contributed by atoms with E-state index >= 15 is 0 Å². The summed E-state index contributed by atoms with van der Waals surface area (Å²) in [5, 5.41) is 0. The number of Topliss-reactive ketones (excluding diaryl/α,β-unsaturated/α-hetero) is 1. The lowest BCUT2D eigenvalue weighted by atomic mass is 10.0. The molecule has 2 aromatic carbocycles. The fraction of sp³-hybridized carbons (Fsp3) is 0.150. The summed E-state index contributed by atoms with van der Waals surface area (Å²) >= 11 is 3.38. The Morgan fingerprint density at radius 2 is 1.83 bits per heavy atom. The predicted molar refractivity (Wildman–Crippen MR) is 97.8 cm³/mol. The van der Waals surface area contributed by atoms with Gasteiger partial charge in [0.15, 0.2) is 12.2 Å². The molecule has 0 radical (unpaired) electrons. The summed E-state index contributed by atoms with van der Waals surface area (Å²) < 4.78 is 2.77. The standard InChI is InChI=1S/C20H18BrN2O/c1-14-3-8-18(15(2)11-14)19-9-10-23(13-22-19)12-20(24)16-4-6-17(21)7-5-16/h3-11,13H,12H2,1-2H3/q+1. The van der Waals surface area contributed by atoms with Crippen LogP contribution in [0.4, 0.5) is 0 Å². The summed E-state index contributed by atoms with van der Waals surface area (Å²) in [4.78, 5) is 16.8. The van der Waals surface area contributed by atoms with E-state index in [9.17, 15) is 4.79 Å². The minimum Gasteiger partial charge on any atom is -0.290 e. The molecule has 120 valence electrons. The Bertz CT molecular complexity index is 871. The highest BCUT2D eigenvalue weighted by molar-refractivity contribution is 9.10. The second-order valence-electron chi connectivity index (χ2n) is 5.87. The van der Waals surface area contributed by atoms with Crippen LogP contribution in [0.1, 0.15) is 21.5 Å². The molecule has 0 bridgehead atoms. The normalized spacial score (nSPS) is 10.6. The van der Waals surface area contributed by atoms with Gasteiger partial charge in [0.1, 0.15) is 0 Å². The van der Waals surface area contributed by atoms with Gasteiger partial charge in [-0.1, -0.05) is 51.8 Å². The molecule has 0 atom stereocenters. The van der Waals surface area contributed by atoms with Gasteiger partial charge in [-0.25, -0.2) is 4.57 Å². The maximum Gasteiger partial charge on any atom is 0.287 e. The molecule has 0 aliphatic carbocycles. The fourth-order valence-electron chi connectivity index (χ4n) is 2.63. The molecule has 0 aliphatic heterocycles. The van der Waals surface area contributed by atoms with E-state index < -0.39 is 0 Å². The molecular weight excluding hydrogens is 364 g/mol. The number of carbonyl (C=O) groups is 1. The predicted octanol–water partition coefficient (Wildman–Crippen LogP) is 4.30. The molecule has 4 heteroatoms. The third kappa shape index (κ3) is 3.77. The van der Waals surface area contributed by atoms with Gasteiger partial charge in [0.25, 0.3) is 6.33 Å². The van der Waals surface area contributed by atoms with Gasteiger partial charge in [0.05, 0.1) is 6.20 Å². The molecule has 3 nitrogen and oxygen atoms in total. The number of carbonyl (C=O) groups excluding carboxylic acids is 1. The first kappa shape index (κ1) is 16.5. The Kier molecular flexibility index (Phi) is 4.86. The van der Waals surface area contributed by atoms with Crippen LogP contribution in [0.2, 0.25) is 0 Å². The Morgan fingerprint density at radius 1 is 1.08 bits per heavy atom. The quantitative estimate of drug-likeness (QED) is 0.498. The van der Waals surface area contributed by atoms with Crippen molar-refractivity contribution < 1.29 is 9.36 Å². The van der Waals surface area contributed by atoms with E-state index in [1.165, 1.54) is 11.1 Å². The summed E-state index contributed by atoms with van der Waals surface area (Å²) in [6, 6.07) is 15.7. The Morgan fingerprint density at radius 3 is 2.46 bits per heavy atom. The smallest absolute Gasteiger partial charge is 0.287 e. The molecule has 0 saturated carbocycles. The molecule has 0 spiro atoms. The van der Waals surface area contributed by atoms with Crippen LogP contribution in [-0.4, -0.2) is 10.8 Å². The lowest BCUT2D eigenvalue weighted by molar-refractivity contribution is -0.686. The van der Waals surface area contributed by atoms with Crippen molar-refractivity contribution in [3.8, 4) is 11.3 Å². The third-order valence-corrected chi connectivity index (χ3v) is 4.45. The lowest BCUT2D eigenvalue weighted by Crippen LogP contribution is -2.37. The molecule has 3 aromatic rings. The monoisotopic (exact) mass is 381 g/mol. The van der Waals surface area contributed by atoms with Crippen LogP contribution in [0.5, 0.6) is 0 Å². The Labute approximate surface area is 150 Å². The highest BCUT2D eigenvalue weighted by atomic mass is 79.9. The van der Waals surface area contributed by atoms with Crippen LogP contribution in [0.3, 0.4) is 0 Å². The SMILES string of the molecule is Cc1ccc(-c2cc[n+](CC(=O)c3ccc(Br)cc3)cn2)c(C)c1. The molecule has 0 N–H and O–H groups in total. The number of ketones is 1. The van der Waals surface area contributed by atoms with Crippen molar-refractivity contribution in [2.45, 2.75) is 20.4 Å². The highest BCUT2D eigenvalue weighted by Gasteiger charge is 2.13. The van der Waals surface area contributed by atoms with Crippen molar-refractivity contribution in [1.29, 1.82) is 0 Å². The van der Waals surface area contributed by atoms with Crippen LogP contribution in [-0.2, 0) is 6.54 Å². The molecule has 0 aliphatic rings. The largest absolute Gasteiger partial charge is 0.290 e. The molecule has 24 heavy (non-hydrogen) atoms. The van der Waals surface area contributed by atoms with E-state index in [-0.39, 0.29) is 12.3 Å². The van der Waals surface area contributed by atoms with Gasteiger partial charge in [0.2, 0.25) is 5.78 Å². The van der Waals surface area contributed by atoms with E-state index in [2.05, 4.69) is 53.0 Å². The van der Waals surface area contributed by atoms with Crippen molar-refractivity contribution in [2.24, 2.45) is 0 Å². The third-order valence-electron chi connectivity index (χ3n) is 3.92. The Balaban J connectivity index is 1.77. The van der Waals surface area contributed by atoms with E-state index in [1.807, 2.05) is 36.5 Å². The van der Waals surface area contributed by atoms with Gasteiger partial charge in [0, 0.05) is 21.7 Å². The number of aromatic nitrogens is 2. The van der Waals surface area contributed by atoms with Gasteiger partial charge in [-0.3, -0.25) is 4.79 Å². The van der Waals surface area contributed by atoms with Crippen LogP contribution < -0.4 is 4.57 Å². The zero-order valence-electron chi connectivity index (χ0n) is 13.7. The second-order valence-corrected chi connectivity index (χ2v) is 6.78. The van der Waals surface area contributed by atoms with Crippen LogP contribution >= 0.6 is 15.9 Å². The molecule has 3 rings (SSSR count). The zero-order valence-corrected chi connectivity index (χ0v) is 15.2. The second kappa shape index (κ2) is 7.05. The number of hydrogen-bond donors (Lipinski definition) is 0. The maximum absolute atomic E-state index is 12.3. The van der Waals surface area contributed by atoms with Gasteiger partial charge in [-0.05, 0) is 36.5 Å². The lowest BCUT2D eigenvalue weighted by Gasteiger charge is -2.04. The van der Waals surface area contributed by atoms with Gasteiger partial charge >= 0.3 is 0 Å². The van der Waals surface area contributed by atoms with E-state index in [0.717, 1.165) is 15.7 Å². The van der Waals surface area contributed by atoms with Crippen LogP contribution in [0.15, 0.2) is 65.5 Å². The molecule has 1 heterocycles. The number of halogens is 1. The summed E-state index contributed by atoms with van der Waals surface area (Å²) in [6.45, 7) is 4.45. The number of hydrogen-bond acceptors (Lipinski definition) is 2. The van der Waals surface area contributed by atoms with Crippen molar-refractivity contribution in [3.63, 3.8) is 0 Å². The minimum absolute atomic E-state index is 0.0635. The van der Waals surface area contributed by atoms with Crippen LogP contribution in [0, 0.1) is 13.8 Å². The molecule has 0 fully saturated rings. The zero-order chi connectivity index (χ0) is 17.1. The van der Waals surface area contributed by atoms with E-state index in [0.29, 0.717) is 5.56 Å². The number of nitrogens with zero attached hydrogens (tertiary/aromatic N) is 2. The first-order chi connectivity index (χ1) is 11.5. The van der Waals surface area contributed by atoms with Crippen molar-refractivity contribution in [1.82, 2.24) is 4.98 Å². The van der Waals surface area contributed by atoms with Crippen molar-refractivity contribution >= 4 is 21.7 Å². The summed E-state index contributed by atoms with van der Waals surface area (Å²) in [5.74, 6) is 0.0635. The van der Waals surface area contributed by atoms with Gasteiger partial charge < -0.3 is 0 Å². The number of rotatable bonds is 4. The minimum atomic E-state index is 0.0635. The summed E-state index contributed by atoms with van der Waals surface area (Å²) in [6.07, 6.45) is 3.61. The van der Waals surface area contributed by atoms with Gasteiger partial charge in [-0.15, -0.1) is 0 Å². The summed E-state index contributed by atoms with van der Waals surface area (Å²) in [5.41, 5.74) is 5.17. The number of benzene rings is 2. The average molecular weight is 382 g/mol. The first-order valence-electron chi connectivity index (χ1n) is 7.74.